The van der Waals surface area contributed by atoms with Crippen LogP contribution in [0.25, 0.3) is 0 Å². The second-order valence-electron chi connectivity index (χ2n) is 2.05. The number of carbonyl (C=O) groups is 1. The van der Waals surface area contributed by atoms with Crippen molar-refractivity contribution in [2.45, 2.75) is 6.42 Å². The van der Waals surface area contributed by atoms with E-state index in [2.05, 4.69) is 4.84 Å². The van der Waals surface area contributed by atoms with Gasteiger partial charge in [-0.15, -0.1) is 0 Å². The van der Waals surface area contributed by atoms with Crippen LogP contribution in [-0.2, 0) is 9.63 Å². The second kappa shape index (κ2) is 2.80. The molecule has 1 amide bonds. The number of hydrogen-bond donors (Lipinski definition) is 1. The lowest BCUT2D eigenvalue weighted by Gasteiger charge is -2.30. The summed E-state index contributed by atoms with van der Waals surface area (Å²) in [6, 6.07) is 0. The molecule has 0 unspecified atom stereocenters. The molecule has 0 bridgehead atoms. The molecule has 0 aromatic carbocycles. The quantitative estimate of drug-likeness (QED) is 0.493. The van der Waals surface area contributed by atoms with Crippen molar-refractivity contribution in [3.63, 3.8) is 0 Å². The lowest BCUT2D eigenvalue weighted by Crippen LogP contribution is -2.44. The maximum absolute atomic E-state index is 10.7. The third-order valence-electron chi connectivity index (χ3n) is 1.42. The van der Waals surface area contributed by atoms with Crippen molar-refractivity contribution >= 4 is 5.91 Å². The highest BCUT2D eigenvalue weighted by atomic mass is 16.6. The Morgan fingerprint density at radius 1 is 1.67 bits per heavy atom. The zero-order valence-electron chi connectivity index (χ0n) is 5.17. The molecule has 1 saturated heterocycles. The largest absolute Gasteiger partial charge is 0.340 e. The molecule has 0 aliphatic carbocycles. The first-order valence-electron chi connectivity index (χ1n) is 2.94. The summed E-state index contributed by atoms with van der Waals surface area (Å²) in [6.45, 7) is 1.74. The molecule has 1 aliphatic heterocycles. The van der Waals surface area contributed by atoms with Gasteiger partial charge in [-0.2, -0.15) is 0 Å². The van der Waals surface area contributed by atoms with Gasteiger partial charge >= 0.3 is 0 Å². The highest BCUT2D eigenvalue weighted by Crippen LogP contribution is 2.04. The van der Waals surface area contributed by atoms with Crippen molar-refractivity contribution in [1.29, 1.82) is 0 Å². The molecular formula is C5H10N2O2. The third kappa shape index (κ3) is 1.40. The zero-order valence-corrected chi connectivity index (χ0v) is 5.17. The van der Waals surface area contributed by atoms with Crippen LogP contribution in [0, 0.1) is 0 Å². The molecule has 0 aromatic rings. The summed E-state index contributed by atoms with van der Waals surface area (Å²) in [5, 5.41) is 0. The van der Waals surface area contributed by atoms with Gasteiger partial charge in [0.15, 0.2) is 0 Å². The van der Waals surface area contributed by atoms with E-state index in [1.54, 1.807) is 4.90 Å². The molecule has 0 saturated carbocycles. The minimum atomic E-state index is -0.0104. The number of rotatable bonds is 2. The summed E-state index contributed by atoms with van der Waals surface area (Å²) >= 11 is 0. The van der Waals surface area contributed by atoms with Gasteiger partial charge < -0.3 is 4.90 Å². The van der Waals surface area contributed by atoms with Crippen LogP contribution in [0.4, 0.5) is 0 Å². The average Bonchev–Trinajstić information content (AvgIpc) is 1.60. The van der Waals surface area contributed by atoms with Gasteiger partial charge in [0.05, 0.1) is 0 Å². The predicted molar refractivity (Wildman–Crippen MR) is 31.3 cm³/mol. The van der Waals surface area contributed by atoms with Crippen LogP contribution in [0.15, 0.2) is 0 Å². The molecule has 1 rings (SSSR count). The second-order valence-corrected chi connectivity index (χ2v) is 2.05. The molecule has 1 heterocycles. The summed E-state index contributed by atoms with van der Waals surface area (Å²) in [5.74, 6) is 4.69. The first-order valence-corrected chi connectivity index (χ1v) is 2.94. The van der Waals surface area contributed by atoms with Gasteiger partial charge in [0.2, 0.25) is 0 Å². The van der Waals surface area contributed by atoms with Crippen molar-refractivity contribution in [3.05, 3.63) is 0 Å². The van der Waals surface area contributed by atoms with E-state index in [1.165, 1.54) is 0 Å². The first kappa shape index (κ1) is 6.51. The Morgan fingerprint density at radius 2 is 2.33 bits per heavy atom. The SMILES string of the molecule is NOCC(=O)N1CCC1. The van der Waals surface area contributed by atoms with E-state index in [-0.39, 0.29) is 12.5 Å². The Labute approximate surface area is 53.5 Å². The smallest absolute Gasteiger partial charge is 0.250 e. The van der Waals surface area contributed by atoms with E-state index in [0.717, 1.165) is 19.5 Å². The molecule has 4 nitrogen and oxygen atoms in total. The fourth-order valence-corrected chi connectivity index (χ4v) is 0.728. The van der Waals surface area contributed by atoms with Crippen LogP contribution in [0.2, 0.25) is 0 Å². The molecule has 0 aromatic heterocycles. The van der Waals surface area contributed by atoms with Crippen LogP contribution >= 0.6 is 0 Å². The summed E-state index contributed by atoms with van der Waals surface area (Å²) in [6.07, 6.45) is 1.11. The monoisotopic (exact) mass is 130 g/mol. The van der Waals surface area contributed by atoms with Crippen LogP contribution in [0.1, 0.15) is 6.42 Å². The van der Waals surface area contributed by atoms with Crippen molar-refractivity contribution < 1.29 is 9.63 Å². The molecule has 0 radical (unpaired) electrons. The van der Waals surface area contributed by atoms with Gasteiger partial charge in [0.1, 0.15) is 6.61 Å². The predicted octanol–water partition coefficient (Wildman–Crippen LogP) is -0.891. The molecule has 4 heteroatoms. The van der Waals surface area contributed by atoms with Crippen molar-refractivity contribution in [2.75, 3.05) is 19.7 Å². The average molecular weight is 130 g/mol. The van der Waals surface area contributed by atoms with Crippen LogP contribution in [0.5, 0.6) is 0 Å². The van der Waals surface area contributed by atoms with Crippen LogP contribution in [0.3, 0.4) is 0 Å². The van der Waals surface area contributed by atoms with Gasteiger partial charge in [-0.25, -0.2) is 5.90 Å². The first-order chi connectivity index (χ1) is 4.34. The number of likely N-dealkylation sites (tertiary alicyclic amines) is 1. The van der Waals surface area contributed by atoms with Crippen molar-refractivity contribution in [2.24, 2.45) is 5.90 Å². The van der Waals surface area contributed by atoms with E-state index in [4.69, 9.17) is 5.90 Å². The summed E-state index contributed by atoms with van der Waals surface area (Å²) in [7, 11) is 0. The maximum atomic E-state index is 10.7. The van der Waals surface area contributed by atoms with Gasteiger partial charge in [-0.05, 0) is 6.42 Å². The molecule has 1 aliphatic rings. The number of hydrogen-bond acceptors (Lipinski definition) is 3. The van der Waals surface area contributed by atoms with Crippen LogP contribution in [-0.4, -0.2) is 30.5 Å². The number of carbonyl (C=O) groups excluding carboxylic acids is 1. The standard InChI is InChI=1S/C5H10N2O2/c6-9-4-5(8)7-2-1-3-7/h1-4,6H2. The summed E-state index contributed by atoms with van der Waals surface area (Å²) in [5.41, 5.74) is 0. The van der Waals surface area contributed by atoms with Gasteiger partial charge in [-0.1, -0.05) is 0 Å². The maximum Gasteiger partial charge on any atom is 0.250 e. The van der Waals surface area contributed by atoms with Crippen molar-refractivity contribution in [3.8, 4) is 0 Å². The molecule has 0 atom stereocenters. The van der Waals surface area contributed by atoms with Gasteiger partial charge in [0, 0.05) is 13.1 Å². The van der Waals surface area contributed by atoms with E-state index < -0.39 is 0 Å². The highest BCUT2D eigenvalue weighted by molar-refractivity contribution is 5.78. The Hall–Kier alpha value is -0.610. The molecule has 1 fully saturated rings. The Balaban J connectivity index is 2.16. The normalized spacial score (nSPS) is 17.2. The Bertz CT molecular complexity index is 112. The lowest BCUT2D eigenvalue weighted by atomic mass is 10.2. The number of nitrogens with two attached hydrogens (primary N) is 1. The van der Waals surface area contributed by atoms with Crippen molar-refractivity contribution in [1.82, 2.24) is 4.90 Å². The number of nitrogens with zero attached hydrogens (tertiary/aromatic N) is 1. The third-order valence-corrected chi connectivity index (χ3v) is 1.42. The van der Waals surface area contributed by atoms with Crippen LogP contribution < -0.4 is 5.90 Å². The van der Waals surface area contributed by atoms with E-state index in [9.17, 15) is 4.79 Å². The van der Waals surface area contributed by atoms with Gasteiger partial charge in [-0.3, -0.25) is 9.63 Å². The number of amides is 1. The summed E-state index contributed by atoms with van der Waals surface area (Å²) in [4.78, 5) is 16.6. The molecule has 2 N–H and O–H groups in total. The molecule has 52 valence electrons. The summed E-state index contributed by atoms with van der Waals surface area (Å²) < 4.78 is 0. The molecule has 0 spiro atoms. The fourth-order valence-electron chi connectivity index (χ4n) is 0.728. The minimum absolute atomic E-state index is 0.0104. The van der Waals surface area contributed by atoms with Gasteiger partial charge in [0.25, 0.3) is 5.91 Å². The molecular weight excluding hydrogens is 120 g/mol. The van der Waals surface area contributed by atoms with E-state index in [0.29, 0.717) is 0 Å². The molecule has 9 heavy (non-hydrogen) atoms. The Morgan fingerprint density at radius 3 is 2.67 bits per heavy atom. The lowest BCUT2D eigenvalue weighted by molar-refractivity contribution is -0.139. The highest BCUT2D eigenvalue weighted by Gasteiger charge is 2.19. The zero-order chi connectivity index (χ0) is 6.69. The topological polar surface area (TPSA) is 55.6 Å². The van der Waals surface area contributed by atoms with E-state index in [1.807, 2.05) is 0 Å². The fraction of sp³-hybridized carbons (Fsp3) is 0.800. The minimum Gasteiger partial charge on any atom is -0.340 e. The van der Waals surface area contributed by atoms with E-state index >= 15 is 0 Å². The Kier molecular flexibility index (Phi) is 2.02.